The first-order valence-electron chi connectivity index (χ1n) is 5.35. The Morgan fingerprint density at radius 3 is 2.00 bits per heavy atom. The maximum Gasteiger partial charge on any atom is 0.000496 e. The minimum Gasteiger partial charge on any atom is -0.368 e. The maximum absolute atomic E-state index is 5.36. The summed E-state index contributed by atoms with van der Waals surface area (Å²) in [7, 11) is 0. The van der Waals surface area contributed by atoms with Gasteiger partial charge in [-0.05, 0) is 44.7 Å². The van der Waals surface area contributed by atoms with Gasteiger partial charge in [0.15, 0.2) is 0 Å². The molecule has 0 atom stereocenters. The third kappa shape index (κ3) is 7.83. The van der Waals surface area contributed by atoms with Crippen LogP contribution in [0.2, 0.25) is 0 Å². The molecule has 1 rings (SSSR count). The van der Waals surface area contributed by atoms with E-state index < -0.39 is 0 Å². The number of nitrogens with two attached hydrogens (primary N) is 1. The molecule has 3 N–H and O–H groups in total. The molecule has 1 aromatic rings. The molecule has 1 heterocycles. The number of rotatable bonds is 5. The van der Waals surface area contributed by atoms with E-state index in [0.29, 0.717) is 0 Å². The van der Waals surface area contributed by atoms with E-state index in [9.17, 15) is 0 Å². The predicted octanol–water partition coefficient (Wildman–Crippen LogP) is 1.69. The van der Waals surface area contributed by atoms with Gasteiger partial charge in [0.1, 0.15) is 0 Å². The molecular weight excluding hydrogens is 174 g/mol. The molecule has 0 aliphatic heterocycles. The van der Waals surface area contributed by atoms with Gasteiger partial charge in [0, 0.05) is 12.4 Å². The second-order valence-electron chi connectivity index (χ2n) is 3.05. The van der Waals surface area contributed by atoms with Gasteiger partial charge in [-0.1, -0.05) is 13.8 Å². The summed E-state index contributed by atoms with van der Waals surface area (Å²) in [4.78, 5) is 5.24. The molecule has 0 saturated heterocycles. The second kappa shape index (κ2) is 10.3. The van der Waals surface area contributed by atoms with Crippen LogP contribution in [0.1, 0.15) is 20.3 Å². The molecule has 0 amide bonds. The minimum atomic E-state index is 0.816. The molecule has 0 saturated carbocycles. The highest BCUT2D eigenvalue weighted by molar-refractivity contribution is 4.84. The molecule has 0 aliphatic rings. The topological polar surface area (TPSA) is 45.0 Å². The number of aromatic nitrogens is 1. The summed E-state index contributed by atoms with van der Waals surface area (Å²) in [5.41, 5.74) is 5.36. The van der Waals surface area contributed by atoms with Gasteiger partial charge in [-0.15, -0.1) is 0 Å². The fraction of sp³-hybridized carbons (Fsp3) is 0.636. The molecule has 14 heavy (non-hydrogen) atoms. The van der Waals surface area contributed by atoms with Crippen molar-refractivity contribution < 1.29 is 0 Å². The molecule has 82 valence electrons. The van der Waals surface area contributed by atoms with Crippen LogP contribution in [0.25, 0.3) is 0 Å². The molecule has 3 nitrogen and oxygen atoms in total. The Morgan fingerprint density at radius 1 is 1.14 bits per heavy atom. The number of hydrogen-bond donors (Lipinski definition) is 2. The van der Waals surface area contributed by atoms with Crippen LogP contribution >= 0.6 is 0 Å². The fourth-order valence-corrected chi connectivity index (χ4v) is 1.13. The number of aromatic amines is 1. The van der Waals surface area contributed by atoms with Gasteiger partial charge >= 0.3 is 0 Å². The van der Waals surface area contributed by atoms with E-state index in [1.54, 1.807) is 0 Å². The van der Waals surface area contributed by atoms with E-state index in [1.165, 1.54) is 0 Å². The van der Waals surface area contributed by atoms with E-state index in [1.807, 2.05) is 24.5 Å². The first-order chi connectivity index (χ1) is 6.85. The molecule has 3 heteroatoms. The van der Waals surface area contributed by atoms with E-state index >= 15 is 0 Å². The summed E-state index contributed by atoms with van der Waals surface area (Å²) in [5, 5.41) is 0. The van der Waals surface area contributed by atoms with Gasteiger partial charge < -0.3 is 15.6 Å². The standard InChI is InChI=1S/C7H18N2.C4H5N/c1-3-9(4-2)7-5-6-8;1-2-4-5-3-1/h3-8H2,1-2H3;1-5H. The SMILES string of the molecule is CCN(CC)CCCN.c1cc[nH]c1. The van der Waals surface area contributed by atoms with Crippen molar-refractivity contribution in [3.63, 3.8) is 0 Å². The first-order valence-corrected chi connectivity index (χ1v) is 5.35. The normalized spacial score (nSPS) is 9.71. The number of nitrogens with zero attached hydrogens (tertiary/aromatic N) is 1. The Balaban J connectivity index is 0.000000280. The van der Waals surface area contributed by atoms with Gasteiger partial charge in [0.05, 0.1) is 0 Å². The molecule has 0 fully saturated rings. The maximum atomic E-state index is 5.36. The second-order valence-corrected chi connectivity index (χ2v) is 3.05. The van der Waals surface area contributed by atoms with Crippen LogP contribution in [0.3, 0.4) is 0 Å². The lowest BCUT2D eigenvalue weighted by Gasteiger charge is -2.16. The third-order valence-corrected chi connectivity index (χ3v) is 2.07. The molecular formula is C11H23N3. The summed E-state index contributed by atoms with van der Waals surface area (Å²) >= 11 is 0. The van der Waals surface area contributed by atoms with Gasteiger partial charge in [-0.25, -0.2) is 0 Å². The Hall–Kier alpha value is -0.800. The van der Waals surface area contributed by atoms with Gasteiger partial charge in [-0.2, -0.15) is 0 Å². The lowest BCUT2D eigenvalue weighted by atomic mass is 10.4. The van der Waals surface area contributed by atoms with Crippen LogP contribution in [-0.2, 0) is 0 Å². The van der Waals surface area contributed by atoms with E-state index in [2.05, 4.69) is 23.7 Å². The summed E-state index contributed by atoms with van der Waals surface area (Å²) in [5.74, 6) is 0. The lowest BCUT2D eigenvalue weighted by molar-refractivity contribution is 0.302. The number of hydrogen-bond acceptors (Lipinski definition) is 2. The summed E-state index contributed by atoms with van der Waals surface area (Å²) in [6.45, 7) is 8.63. The van der Waals surface area contributed by atoms with Crippen LogP contribution < -0.4 is 5.73 Å². The Bertz CT molecular complexity index is 151. The first kappa shape index (κ1) is 13.2. The van der Waals surface area contributed by atoms with Crippen molar-refractivity contribution in [3.8, 4) is 0 Å². The van der Waals surface area contributed by atoms with Gasteiger partial charge in [0.2, 0.25) is 0 Å². The number of nitrogens with one attached hydrogen (secondary N) is 1. The highest BCUT2D eigenvalue weighted by atomic mass is 15.1. The molecule has 0 aromatic carbocycles. The predicted molar refractivity (Wildman–Crippen MR) is 62.3 cm³/mol. The quantitative estimate of drug-likeness (QED) is 0.754. The molecule has 0 spiro atoms. The fourth-order valence-electron chi connectivity index (χ4n) is 1.13. The molecule has 0 unspecified atom stereocenters. The average Bonchev–Trinajstić information content (AvgIpc) is 2.78. The van der Waals surface area contributed by atoms with Crippen LogP contribution in [0.5, 0.6) is 0 Å². The Kier molecular flexibility index (Phi) is 9.69. The highest BCUT2D eigenvalue weighted by Crippen LogP contribution is 1.87. The van der Waals surface area contributed by atoms with Crippen LogP contribution in [-0.4, -0.2) is 36.1 Å². The van der Waals surface area contributed by atoms with Crippen molar-refractivity contribution in [3.05, 3.63) is 24.5 Å². The van der Waals surface area contributed by atoms with Crippen LogP contribution in [0.4, 0.5) is 0 Å². The summed E-state index contributed by atoms with van der Waals surface area (Å²) in [6, 6.07) is 3.89. The van der Waals surface area contributed by atoms with Gasteiger partial charge in [0.25, 0.3) is 0 Å². The van der Waals surface area contributed by atoms with Gasteiger partial charge in [-0.3, -0.25) is 0 Å². The van der Waals surface area contributed by atoms with Crippen molar-refractivity contribution in [1.29, 1.82) is 0 Å². The zero-order chi connectivity index (χ0) is 10.6. The molecule has 1 aromatic heterocycles. The van der Waals surface area contributed by atoms with E-state index in [-0.39, 0.29) is 0 Å². The van der Waals surface area contributed by atoms with Crippen molar-refractivity contribution in [2.75, 3.05) is 26.2 Å². The Labute approximate surface area is 87.3 Å². The average molecular weight is 197 g/mol. The summed E-state index contributed by atoms with van der Waals surface area (Å²) < 4.78 is 0. The highest BCUT2D eigenvalue weighted by Gasteiger charge is 1.94. The minimum absolute atomic E-state index is 0.816. The van der Waals surface area contributed by atoms with E-state index in [0.717, 1.165) is 32.6 Å². The van der Waals surface area contributed by atoms with E-state index in [4.69, 9.17) is 5.73 Å². The van der Waals surface area contributed by atoms with Crippen LogP contribution in [0.15, 0.2) is 24.5 Å². The van der Waals surface area contributed by atoms with Crippen molar-refractivity contribution in [1.82, 2.24) is 9.88 Å². The zero-order valence-electron chi connectivity index (χ0n) is 9.37. The number of H-pyrrole nitrogens is 1. The zero-order valence-corrected chi connectivity index (χ0v) is 9.37. The van der Waals surface area contributed by atoms with Crippen molar-refractivity contribution >= 4 is 0 Å². The van der Waals surface area contributed by atoms with Crippen molar-refractivity contribution in [2.45, 2.75) is 20.3 Å². The largest absolute Gasteiger partial charge is 0.368 e. The lowest BCUT2D eigenvalue weighted by Crippen LogP contribution is -2.25. The molecule has 0 aliphatic carbocycles. The Morgan fingerprint density at radius 2 is 1.71 bits per heavy atom. The molecule has 0 radical (unpaired) electrons. The molecule has 0 bridgehead atoms. The smallest absolute Gasteiger partial charge is 0.000496 e. The third-order valence-electron chi connectivity index (χ3n) is 2.07. The summed E-state index contributed by atoms with van der Waals surface area (Å²) in [6.07, 6.45) is 4.88. The monoisotopic (exact) mass is 197 g/mol. The van der Waals surface area contributed by atoms with Crippen LogP contribution in [0, 0.1) is 0 Å². The van der Waals surface area contributed by atoms with Crippen molar-refractivity contribution in [2.24, 2.45) is 5.73 Å².